The summed E-state index contributed by atoms with van der Waals surface area (Å²) in [6, 6.07) is 13.2. The average Bonchev–Trinajstić information content (AvgIpc) is 2.45. The van der Waals surface area contributed by atoms with Crippen LogP contribution in [0.4, 0.5) is 10.1 Å². The molecule has 0 saturated heterocycles. The highest BCUT2D eigenvalue weighted by atomic mass is 32.2. The molecule has 2 N–H and O–H groups in total. The molecule has 2 rings (SSSR count). The fraction of sp³-hybridized carbons (Fsp3) is 0.188. The van der Waals surface area contributed by atoms with E-state index >= 15 is 0 Å². The zero-order valence-corrected chi connectivity index (χ0v) is 12.4. The molecule has 0 saturated carbocycles. The van der Waals surface area contributed by atoms with Gasteiger partial charge in [-0.2, -0.15) is 0 Å². The Balaban J connectivity index is 1.90. The third-order valence-electron chi connectivity index (χ3n) is 2.82. The summed E-state index contributed by atoms with van der Waals surface area (Å²) in [5, 5.41) is 12.2. The Morgan fingerprint density at radius 2 is 2.05 bits per heavy atom. The van der Waals surface area contributed by atoms with Crippen LogP contribution in [0.15, 0.2) is 53.4 Å². The number of carbonyl (C=O) groups is 1. The summed E-state index contributed by atoms with van der Waals surface area (Å²) < 4.78 is 13.0. The second kappa shape index (κ2) is 7.24. The van der Waals surface area contributed by atoms with E-state index in [1.807, 2.05) is 24.3 Å². The van der Waals surface area contributed by atoms with E-state index in [1.54, 1.807) is 19.1 Å². The number of hydrogen-bond donors (Lipinski definition) is 2. The lowest BCUT2D eigenvalue weighted by Gasteiger charge is -2.08. The molecule has 0 radical (unpaired) electrons. The zero-order valence-electron chi connectivity index (χ0n) is 11.5. The molecule has 21 heavy (non-hydrogen) atoms. The number of rotatable bonds is 5. The minimum atomic E-state index is -0.535. The number of hydrogen-bond acceptors (Lipinski definition) is 3. The normalized spacial score (nSPS) is 12.0. The van der Waals surface area contributed by atoms with Gasteiger partial charge in [0, 0.05) is 10.6 Å². The van der Waals surface area contributed by atoms with E-state index in [0.717, 1.165) is 10.5 Å². The Hall–Kier alpha value is -1.85. The standard InChI is InChI=1S/C16H16FNO2S/c1-11(19)12-4-2-7-15(8-12)21-10-16(20)18-14-6-3-5-13(17)9-14/h2-9,11,19H,10H2,1H3,(H,18,20). The highest BCUT2D eigenvalue weighted by Gasteiger charge is 2.06. The van der Waals surface area contributed by atoms with Crippen molar-refractivity contribution in [1.29, 1.82) is 0 Å². The van der Waals surface area contributed by atoms with E-state index in [4.69, 9.17) is 0 Å². The van der Waals surface area contributed by atoms with Crippen LogP contribution < -0.4 is 5.32 Å². The fourth-order valence-corrected chi connectivity index (χ4v) is 2.54. The van der Waals surface area contributed by atoms with E-state index < -0.39 is 6.10 Å². The summed E-state index contributed by atoms with van der Waals surface area (Å²) in [5.74, 6) is -0.363. The van der Waals surface area contributed by atoms with Crippen molar-refractivity contribution in [2.45, 2.75) is 17.9 Å². The van der Waals surface area contributed by atoms with Crippen molar-refractivity contribution in [3.8, 4) is 0 Å². The summed E-state index contributed by atoms with van der Waals surface area (Å²) >= 11 is 1.37. The van der Waals surface area contributed by atoms with Gasteiger partial charge in [-0.1, -0.05) is 18.2 Å². The van der Waals surface area contributed by atoms with Crippen molar-refractivity contribution in [2.24, 2.45) is 0 Å². The molecule has 5 heteroatoms. The molecule has 0 heterocycles. The van der Waals surface area contributed by atoms with E-state index in [1.165, 1.54) is 23.9 Å². The van der Waals surface area contributed by atoms with Crippen molar-refractivity contribution in [1.82, 2.24) is 0 Å². The predicted octanol–water partition coefficient (Wildman–Crippen LogP) is 3.61. The van der Waals surface area contributed by atoms with Crippen LogP contribution in [0.5, 0.6) is 0 Å². The van der Waals surface area contributed by atoms with Crippen LogP contribution in [-0.2, 0) is 4.79 Å². The number of aliphatic hydroxyl groups excluding tert-OH is 1. The van der Waals surface area contributed by atoms with Gasteiger partial charge in [-0.05, 0) is 42.8 Å². The van der Waals surface area contributed by atoms with Gasteiger partial charge in [0.05, 0.1) is 11.9 Å². The van der Waals surface area contributed by atoms with Crippen LogP contribution in [-0.4, -0.2) is 16.8 Å². The number of carbonyl (C=O) groups excluding carboxylic acids is 1. The quantitative estimate of drug-likeness (QED) is 0.830. The monoisotopic (exact) mass is 305 g/mol. The molecule has 110 valence electrons. The maximum Gasteiger partial charge on any atom is 0.234 e. The molecule has 0 bridgehead atoms. The number of aliphatic hydroxyl groups is 1. The molecule has 1 atom stereocenters. The van der Waals surface area contributed by atoms with Gasteiger partial charge in [-0.3, -0.25) is 4.79 Å². The summed E-state index contributed by atoms with van der Waals surface area (Å²) in [6.45, 7) is 1.69. The largest absolute Gasteiger partial charge is 0.389 e. The second-order valence-corrected chi connectivity index (χ2v) is 5.64. The molecule has 0 aliphatic heterocycles. The van der Waals surface area contributed by atoms with Crippen molar-refractivity contribution >= 4 is 23.4 Å². The Morgan fingerprint density at radius 1 is 1.29 bits per heavy atom. The summed E-state index contributed by atoms with van der Waals surface area (Å²) in [5.41, 5.74) is 1.25. The van der Waals surface area contributed by atoms with Crippen LogP contribution in [0, 0.1) is 5.82 Å². The van der Waals surface area contributed by atoms with E-state index in [2.05, 4.69) is 5.32 Å². The van der Waals surface area contributed by atoms with E-state index in [-0.39, 0.29) is 17.5 Å². The first-order chi connectivity index (χ1) is 10.0. The van der Waals surface area contributed by atoms with Gasteiger partial charge in [0.2, 0.25) is 5.91 Å². The number of anilines is 1. The number of benzene rings is 2. The maximum absolute atomic E-state index is 13.0. The van der Waals surface area contributed by atoms with Gasteiger partial charge in [-0.25, -0.2) is 4.39 Å². The molecule has 0 aliphatic rings. The van der Waals surface area contributed by atoms with E-state index in [0.29, 0.717) is 5.69 Å². The highest BCUT2D eigenvalue weighted by Crippen LogP contribution is 2.22. The third kappa shape index (κ3) is 4.88. The van der Waals surface area contributed by atoms with Crippen molar-refractivity contribution in [3.05, 3.63) is 59.9 Å². The first-order valence-electron chi connectivity index (χ1n) is 6.51. The topological polar surface area (TPSA) is 49.3 Å². The molecule has 2 aromatic carbocycles. The van der Waals surface area contributed by atoms with Crippen molar-refractivity contribution in [3.63, 3.8) is 0 Å². The molecular formula is C16H16FNO2S. The third-order valence-corrected chi connectivity index (χ3v) is 3.81. The SMILES string of the molecule is CC(O)c1cccc(SCC(=O)Nc2cccc(F)c2)c1. The molecule has 0 spiro atoms. The highest BCUT2D eigenvalue weighted by molar-refractivity contribution is 8.00. The van der Waals surface area contributed by atoms with Crippen LogP contribution in [0.1, 0.15) is 18.6 Å². The van der Waals surface area contributed by atoms with Gasteiger partial charge >= 0.3 is 0 Å². The Bertz CT molecular complexity index is 631. The molecule has 1 unspecified atom stereocenters. The maximum atomic E-state index is 13.0. The molecule has 2 aromatic rings. The first kappa shape index (κ1) is 15.5. The Morgan fingerprint density at radius 3 is 2.76 bits per heavy atom. The molecule has 0 fully saturated rings. The number of nitrogens with one attached hydrogen (secondary N) is 1. The van der Waals surface area contributed by atoms with Crippen LogP contribution in [0.25, 0.3) is 0 Å². The molecule has 0 aromatic heterocycles. The lowest BCUT2D eigenvalue weighted by atomic mass is 10.1. The van der Waals surface area contributed by atoms with Crippen molar-refractivity contribution < 1.29 is 14.3 Å². The second-order valence-electron chi connectivity index (χ2n) is 4.60. The smallest absolute Gasteiger partial charge is 0.234 e. The zero-order chi connectivity index (χ0) is 15.2. The van der Waals surface area contributed by atoms with Crippen molar-refractivity contribution in [2.75, 3.05) is 11.1 Å². The van der Waals surface area contributed by atoms with Gasteiger partial charge < -0.3 is 10.4 Å². The van der Waals surface area contributed by atoms with Crippen LogP contribution in [0.2, 0.25) is 0 Å². The Kier molecular flexibility index (Phi) is 5.36. The summed E-state index contributed by atoms with van der Waals surface area (Å²) in [4.78, 5) is 12.7. The van der Waals surface area contributed by atoms with E-state index in [9.17, 15) is 14.3 Å². The van der Waals surface area contributed by atoms with Gasteiger partial charge in [0.15, 0.2) is 0 Å². The van der Waals surface area contributed by atoms with Crippen LogP contribution >= 0.6 is 11.8 Å². The first-order valence-corrected chi connectivity index (χ1v) is 7.49. The minimum absolute atomic E-state index is 0.201. The lowest BCUT2D eigenvalue weighted by Crippen LogP contribution is -2.14. The lowest BCUT2D eigenvalue weighted by molar-refractivity contribution is -0.113. The van der Waals surface area contributed by atoms with Gasteiger partial charge in [0.25, 0.3) is 0 Å². The van der Waals surface area contributed by atoms with Gasteiger partial charge in [0.1, 0.15) is 5.82 Å². The van der Waals surface area contributed by atoms with Crippen LogP contribution in [0.3, 0.4) is 0 Å². The molecule has 0 aliphatic carbocycles. The average molecular weight is 305 g/mol. The number of amides is 1. The summed E-state index contributed by atoms with van der Waals surface area (Å²) in [6.07, 6.45) is -0.535. The minimum Gasteiger partial charge on any atom is -0.389 e. The Labute approximate surface area is 127 Å². The molecule has 1 amide bonds. The number of halogens is 1. The fourth-order valence-electron chi connectivity index (χ4n) is 1.78. The van der Waals surface area contributed by atoms with Gasteiger partial charge in [-0.15, -0.1) is 11.8 Å². The summed E-state index contributed by atoms with van der Waals surface area (Å²) in [7, 11) is 0. The molecule has 3 nitrogen and oxygen atoms in total. The molecular weight excluding hydrogens is 289 g/mol. The predicted molar refractivity (Wildman–Crippen MR) is 82.8 cm³/mol. The number of thioether (sulfide) groups is 1.